The first-order valence-electron chi connectivity index (χ1n) is 25.9. The van der Waals surface area contributed by atoms with E-state index in [2.05, 4.69) is 93.3 Å². The van der Waals surface area contributed by atoms with Crippen LogP contribution in [0.2, 0.25) is 0 Å². The van der Waals surface area contributed by atoms with Crippen molar-refractivity contribution in [1.29, 1.82) is 0 Å². The zero-order valence-electron chi connectivity index (χ0n) is 41.5. The predicted molar refractivity (Wildman–Crippen MR) is 273 cm³/mol. The third-order valence-corrected chi connectivity index (χ3v) is 17.1. The summed E-state index contributed by atoms with van der Waals surface area (Å²) in [7, 11) is 3.61. The van der Waals surface area contributed by atoms with Gasteiger partial charge in [0.1, 0.15) is 5.82 Å². The number of allylic oxidation sites excluding steroid dienone is 7. The molecule has 4 aliphatic carbocycles. The molecule has 1 unspecified atom stereocenters. The molecule has 6 heterocycles. The SMILES string of the molecule is CCN[C@H]1C=C2C=CC[C@H]3[C@H]2[C@@H]2C=C[C@H]3CCC[C@@](C)(CC3=CNC(N)C=C3)Cc3cccc4c3C(=O)[C@]3(O[C@@]3(C/C=C(\C)C[C@@H](NC(N)=NC)C3=CCNC5=C3CC[C@@H](NC)N5)C4=O)C(=O)OC[C@@H]21. The summed E-state index contributed by atoms with van der Waals surface area (Å²) in [5.41, 5.74) is 15.4. The maximum Gasteiger partial charge on any atom is 0.350 e. The Bertz CT molecular complexity index is 2590. The smallest absolute Gasteiger partial charge is 0.350 e. The molecule has 14 nitrogen and oxygen atoms in total. The molecule has 1 aromatic rings. The van der Waals surface area contributed by atoms with Gasteiger partial charge in [-0.15, -0.1) is 0 Å². The Morgan fingerprint density at radius 3 is 2.74 bits per heavy atom. The molecule has 1 spiro atoms. The van der Waals surface area contributed by atoms with Gasteiger partial charge in [-0.3, -0.25) is 14.6 Å². The summed E-state index contributed by atoms with van der Waals surface area (Å²) in [6.07, 6.45) is 29.5. The highest BCUT2D eigenvalue weighted by atomic mass is 16.7. The normalized spacial score (nSPS) is 36.0. The van der Waals surface area contributed by atoms with Gasteiger partial charge >= 0.3 is 5.97 Å². The lowest BCUT2D eigenvalue weighted by Gasteiger charge is -2.49. The molecule has 1 aromatic carbocycles. The fourth-order valence-electron chi connectivity index (χ4n) is 13.5. The number of carbonyl (C=O) groups excluding carboxylic acids is 3. The van der Waals surface area contributed by atoms with Crippen molar-refractivity contribution in [2.24, 2.45) is 51.5 Å². The number of nitrogens with two attached hydrogens (primary N) is 2. The second-order valence-corrected chi connectivity index (χ2v) is 21.6. The average molecular weight is 952 g/mol. The fraction of sp³-hybridized carbons (Fsp3) is 0.536. The molecule has 11 rings (SSSR count). The summed E-state index contributed by atoms with van der Waals surface area (Å²) in [6.45, 7) is 7.87. The van der Waals surface area contributed by atoms with Crippen LogP contribution in [0.15, 0.2) is 118 Å². The minimum Gasteiger partial charge on any atom is -0.463 e. The molecule has 0 saturated carbocycles. The number of epoxide rings is 1. The molecule has 6 bridgehead atoms. The first-order chi connectivity index (χ1) is 33.8. The van der Waals surface area contributed by atoms with Gasteiger partial charge in [-0.25, -0.2) is 4.79 Å². The molecule has 6 aliphatic heterocycles. The van der Waals surface area contributed by atoms with E-state index in [1.807, 2.05) is 44.5 Å². The van der Waals surface area contributed by atoms with Crippen molar-refractivity contribution in [3.05, 3.63) is 129 Å². The van der Waals surface area contributed by atoms with Crippen LogP contribution in [0.25, 0.3) is 0 Å². The lowest BCUT2D eigenvalue weighted by atomic mass is 9.57. The van der Waals surface area contributed by atoms with Crippen molar-refractivity contribution in [2.45, 2.75) is 121 Å². The van der Waals surface area contributed by atoms with Gasteiger partial charge in [0.05, 0.1) is 25.0 Å². The minimum absolute atomic E-state index is 0.0118. The van der Waals surface area contributed by atoms with E-state index in [9.17, 15) is 0 Å². The number of fused-ring (bicyclic) bond motifs is 6. The summed E-state index contributed by atoms with van der Waals surface area (Å²) in [5, 5.41) is 20.8. The van der Waals surface area contributed by atoms with Crippen molar-refractivity contribution in [2.75, 3.05) is 33.8 Å². The van der Waals surface area contributed by atoms with E-state index in [-0.39, 0.29) is 66.0 Å². The summed E-state index contributed by atoms with van der Waals surface area (Å²) >= 11 is 0. The number of hydrogen-bond donors (Lipinski definition) is 8. The topological polar surface area (TPSA) is 210 Å². The largest absolute Gasteiger partial charge is 0.463 e. The molecule has 12 atom stereocenters. The Morgan fingerprint density at radius 1 is 1.10 bits per heavy atom. The van der Waals surface area contributed by atoms with Crippen molar-refractivity contribution in [3.63, 3.8) is 0 Å². The van der Waals surface area contributed by atoms with Crippen LogP contribution in [0.3, 0.4) is 0 Å². The number of carbonyl (C=O) groups is 3. The van der Waals surface area contributed by atoms with Gasteiger partial charge in [0.2, 0.25) is 5.78 Å². The van der Waals surface area contributed by atoms with E-state index in [1.54, 1.807) is 13.1 Å². The van der Waals surface area contributed by atoms with Gasteiger partial charge in [0.15, 0.2) is 17.3 Å². The Hall–Kier alpha value is -5.54. The summed E-state index contributed by atoms with van der Waals surface area (Å²) in [6, 6.07) is 5.27. The number of hydrogen-bond acceptors (Lipinski definition) is 12. The van der Waals surface area contributed by atoms with Gasteiger partial charge in [0.25, 0.3) is 5.60 Å². The van der Waals surface area contributed by atoms with E-state index in [0.29, 0.717) is 48.7 Å². The second-order valence-electron chi connectivity index (χ2n) is 21.6. The zero-order valence-corrected chi connectivity index (χ0v) is 41.5. The Balaban J connectivity index is 1.02. The third kappa shape index (κ3) is 8.51. The number of esters is 1. The molecule has 0 aromatic heterocycles. The summed E-state index contributed by atoms with van der Waals surface area (Å²) in [4.78, 5) is 50.6. The van der Waals surface area contributed by atoms with Crippen molar-refractivity contribution < 1.29 is 23.9 Å². The van der Waals surface area contributed by atoms with E-state index < -0.39 is 23.0 Å². The van der Waals surface area contributed by atoms with E-state index >= 15 is 14.4 Å². The van der Waals surface area contributed by atoms with E-state index in [1.165, 1.54) is 11.1 Å². The van der Waals surface area contributed by atoms with Crippen LogP contribution in [-0.2, 0) is 20.7 Å². The number of benzene rings is 1. The van der Waals surface area contributed by atoms with Crippen LogP contribution >= 0.6 is 0 Å². The molecular formula is C56H73N9O5. The Kier molecular flexibility index (Phi) is 13.2. The van der Waals surface area contributed by atoms with Gasteiger partial charge in [0, 0.05) is 49.3 Å². The maximum absolute atomic E-state index is 15.7. The minimum atomic E-state index is -2.14. The monoisotopic (exact) mass is 952 g/mol. The number of aliphatic imine (C=N–C) groups is 1. The number of dihydropyridines is 2. The number of likely N-dealkylation sites (N-methyl/N-ethyl adjacent to an activating group) is 1. The van der Waals surface area contributed by atoms with Gasteiger partial charge in [-0.2, -0.15) is 0 Å². The molecule has 372 valence electrons. The predicted octanol–water partition coefficient (Wildman–Crippen LogP) is 5.40. The Labute approximate surface area is 413 Å². The zero-order chi connectivity index (χ0) is 49.0. The molecule has 10 aliphatic rings. The van der Waals surface area contributed by atoms with Crippen LogP contribution in [-0.4, -0.2) is 92.9 Å². The molecule has 1 fully saturated rings. The van der Waals surface area contributed by atoms with Crippen LogP contribution in [0.1, 0.15) is 105 Å². The van der Waals surface area contributed by atoms with Crippen molar-refractivity contribution in [3.8, 4) is 0 Å². The van der Waals surface area contributed by atoms with Crippen LogP contribution < -0.4 is 43.4 Å². The van der Waals surface area contributed by atoms with Gasteiger partial charge < -0.3 is 52.8 Å². The molecular weight excluding hydrogens is 879 g/mol. The average Bonchev–Trinajstić information content (AvgIpc) is 4.07. The summed E-state index contributed by atoms with van der Waals surface area (Å²) in [5.74, 6) is 0.842. The quantitative estimate of drug-likeness (QED) is 0.0350. The third-order valence-electron chi connectivity index (χ3n) is 17.1. The molecule has 0 radical (unpaired) electrons. The first-order valence-corrected chi connectivity index (χ1v) is 25.9. The second kappa shape index (κ2) is 19.2. The van der Waals surface area contributed by atoms with Crippen LogP contribution in [0.4, 0.5) is 0 Å². The summed E-state index contributed by atoms with van der Waals surface area (Å²) < 4.78 is 13.1. The molecule has 14 heteroatoms. The molecule has 10 N–H and O–H groups in total. The lowest BCUT2D eigenvalue weighted by molar-refractivity contribution is -0.150. The number of ketones is 2. The van der Waals surface area contributed by atoms with E-state index in [4.69, 9.17) is 20.9 Å². The fourth-order valence-corrected chi connectivity index (χ4v) is 13.5. The number of ether oxygens (including phenoxy) is 2. The Morgan fingerprint density at radius 2 is 1.96 bits per heavy atom. The highest BCUT2D eigenvalue weighted by Crippen LogP contribution is 2.60. The molecule has 70 heavy (non-hydrogen) atoms. The number of Topliss-reactive ketones (excluding diaryl/α,β-unsaturated/α-hetero) is 2. The maximum atomic E-state index is 15.7. The van der Waals surface area contributed by atoms with Crippen LogP contribution in [0.5, 0.6) is 0 Å². The van der Waals surface area contributed by atoms with E-state index in [0.717, 1.165) is 79.6 Å². The number of guanidine groups is 1. The van der Waals surface area contributed by atoms with Crippen molar-refractivity contribution in [1.82, 2.24) is 31.9 Å². The molecule has 0 amide bonds. The standard InChI is InChI=1S/C56H73N9O5/c1-6-61-43-27-35-10-7-13-37-34-12-9-23-54(3,28-33-15-19-45(57)63-30-33)29-36-11-8-14-41-48(36)50(67)56(52(68)69-31-42(43)39(17-16-34)47(35)37)55(70-56,49(41)66)24-21-32(2)26-44(64-53(58)60-5)38-22-25-62-51-40(38)18-20-46(59-4)65-51/h7-8,10-11,14-17,19,21-22,27,30,34,37,39,42-47,59,61-63,65H,6,9,12-13,18,20,23-26,28-29,31,57H2,1-5H3,(H3,58,60,64)/b32-21+/t34-,37-,39-,42+,43+,44-,45?,46+,47+,54+,55+,56+/m1/s1. The molecule has 1 saturated heterocycles. The highest BCUT2D eigenvalue weighted by molar-refractivity contribution is 6.33. The number of nitrogens with zero attached hydrogens (tertiary/aromatic N) is 1. The number of rotatable bonds is 11. The van der Waals surface area contributed by atoms with Crippen molar-refractivity contribution >= 4 is 23.5 Å². The number of nitrogens with one attached hydrogen (secondary N) is 6. The lowest BCUT2D eigenvalue weighted by Crippen LogP contribution is -2.53. The van der Waals surface area contributed by atoms with Crippen LogP contribution in [0, 0.1) is 35.0 Å². The first kappa shape index (κ1) is 48.1. The highest BCUT2D eigenvalue weighted by Gasteiger charge is 2.85. The van der Waals surface area contributed by atoms with Gasteiger partial charge in [-0.05, 0) is 135 Å². The van der Waals surface area contributed by atoms with Gasteiger partial charge in [-0.1, -0.05) is 92.6 Å².